The van der Waals surface area contributed by atoms with Gasteiger partial charge >= 0.3 is 5.97 Å². The summed E-state index contributed by atoms with van der Waals surface area (Å²) in [5.41, 5.74) is 1.71. The smallest absolute Gasteiger partial charge is 0.326 e. The molecule has 2 aromatic heterocycles. The van der Waals surface area contributed by atoms with Crippen LogP contribution in [0.1, 0.15) is 28.7 Å². The van der Waals surface area contributed by atoms with E-state index in [0.717, 1.165) is 16.5 Å². The molecule has 0 spiro atoms. The Morgan fingerprint density at radius 3 is 2.68 bits per heavy atom. The molecule has 0 bridgehead atoms. The van der Waals surface area contributed by atoms with E-state index < -0.39 is 29.9 Å². The first-order valence-corrected chi connectivity index (χ1v) is 8.67. The molecule has 0 saturated heterocycles. The number of benzene rings is 1. The van der Waals surface area contributed by atoms with E-state index in [2.05, 4.69) is 20.8 Å². The Morgan fingerprint density at radius 2 is 2.00 bits per heavy atom. The van der Waals surface area contributed by atoms with Crippen LogP contribution < -0.4 is 10.6 Å². The number of hydrogen-bond acceptors (Lipinski definition) is 5. The van der Waals surface area contributed by atoms with Gasteiger partial charge in [-0.15, -0.1) is 0 Å². The van der Waals surface area contributed by atoms with E-state index in [1.165, 1.54) is 13.0 Å². The second kappa shape index (κ2) is 7.95. The summed E-state index contributed by atoms with van der Waals surface area (Å²) in [6.07, 6.45) is 1.83. The molecule has 28 heavy (non-hydrogen) atoms. The van der Waals surface area contributed by atoms with Crippen LogP contribution in [0.4, 0.5) is 0 Å². The number of carbonyl (C=O) groups excluding carboxylic acids is 2. The summed E-state index contributed by atoms with van der Waals surface area (Å²) in [7, 11) is 0. The Morgan fingerprint density at radius 1 is 1.25 bits per heavy atom. The fourth-order valence-corrected chi connectivity index (χ4v) is 2.83. The van der Waals surface area contributed by atoms with Crippen molar-refractivity contribution in [2.75, 3.05) is 0 Å². The summed E-state index contributed by atoms with van der Waals surface area (Å²) in [4.78, 5) is 39.2. The fourth-order valence-electron chi connectivity index (χ4n) is 2.83. The maximum Gasteiger partial charge on any atom is 0.326 e. The number of aliphatic carboxylic acids is 1. The van der Waals surface area contributed by atoms with Crippen molar-refractivity contribution in [3.05, 3.63) is 53.5 Å². The number of aryl methyl sites for hydroxylation is 1. The molecule has 1 aromatic carbocycles. The lowest BCUT2D eigenvalue weighted by molar-refractivity contribution is -0.142. The summed E-state index contributed by atoms with van der Waals surface area (Å²) < 4.78 is 4.83. The molecular weight excluding hydrogens is 364 g/mol. The van der Waals surface area contributed by atoms with Crippen molar-refractivity contribution in [2.24, 2.45) is 0 Å². The van der Waals surface area contributed by atoms with Gasteiger partial charge in [0.2, 0.25) is 5.91 Å². The number of hydrogen-bond donors (Lipinski definition) is 4. The Kier molecular flexibility index (Phi) is 5.44. The predicted octanol–water partition coefficient (Wildman–Crippen LogP) is 1.39. The number of H-pyrrole nitrogens is 1. The third-order valence-corrected chi connectivity index (χ3v) is 4.32. The third-order valence-electron chi connectivity index (χ3n) is 4.32. The number of aromatic nitrogens is 2. The Bertz CT molecular complexity index is 1020. The van der Waals surface area contributed by atoms with Crippen LogP contribution in [0.5, 0.6) is 0 Å². The highest BCUT2D eigenvalue weighted by atomic mass is 16.5. The van der Waals surface area contributed by atoms with E-state index in [0.29, 0.717) is 5.76 Å². The number of aromatic amines is 1. The van der Waals surface area contributed by atoms with Crippen LogP contribution in [0.2, 0.25) is 0 Å². The van der Waals surface area contributed by atoms with Gasteiger partial charge in [0.05, 0.1) is 0 Å². The number of para-hydroxylation sites is 1. The van der Waals surface area contributed by atoms with Gasteiger partial charge in [-0.2, -0.15) is 0 Å². The van der Waals surface area contributed by atoms with Crippen LogP contribution >= 0.6 is 0 Å². The fraction of sp³-hybridized carbons (Fsp3) is 0.263. The number of rotatable bonds is 7. The molecule has 4 N–H and O–H groups in total. The molecule has 3 aromatic rings. The number of carboxylic acids is 1. The maximum absolute atomic E-state index is 12.4. The normalized spacial score (nSPS) is 13.1. The highest BCUT2D eigenvalue weighted by molar-refractivity contribution is 5.96. The molecule has 0 aliphatic carbocycles. The Hall–Kier alpha value is -3.62. The quantitative estimate of drug-likeness (QED) is 0.486. The van der Waals surface area contributed by atoms with Gasteiger partial charge in [0.25, 0.3) is 5.91 Å². The van der Waals surface area contributed by atoms with Crippen molar-refractivity contribution in [1.29, 1.82) is 0 Å². The van der Waals surface area contributed by atoms with Gasteiger partial charge in [-0.25, -0.2) is 4.79 Å². The third kappa shape index (κ3) is 4.20. The highest BCUT2D eigenvalue weighted by Gasteiger charge is 2.26. The zero-order valence-electron chi connectivity index (χ0n) is 15.4. The average Bonchev–Trinajstić information content (AvgIpc) is 3.27. The number of fused-ring (bicyclic) bond motifs is 1. The zero-order chi connectivity index (χ0) is 20.3. The van der Waals surface area contributed by atoms with Crippen molar-refractivity contribution < 1.29 is 24.0 Å². The van der Waals surface area contributed by atoms with Crippen LogP contribution in [0, 0.1) is 6.92 Å². The summed E-state index contributed by atoms with van der Waals surface area (Å²) in [5.74, 6) is -1.89. The highest BCUT2D eigenvalue weighted by Crippen LogP contribution is 2.19. The maximum atomic E-state index is 12.4. The van der Waals surface area contributed by atoms with Crippen molar-refractivity contribution in [2.45, 2.75) is 32.4 Å². The lowest BCUT2D eigenvalue weighted by atomic mass is 10.0. The van der Waals surface area contributed by atoms with Crippen molar-refractivity contribution in [3.8, 4) is 0 Å². The molecule has 0 saturated carbocycles. The van der Waals surface area contributed by atoms with Crippen LogP contribution in [0.3, 0.4) is 0 Å². The lowest BCUT2D eigenvalue weighted by Crippen LogP contribution is -2.51. The molecule has 0 radical (unpaired) electrons. The van der Waals surface area contributed by atoms with Gasteiger partial charge in [-0.3, -0.25) is 9.59 Å². The first-order valence-electron chi connectivity index (χ1n) is 8.67. The summed E-state index contributed by atoms with van der Waals surface area (Å²) in [5, 5.41) is 18.9. The van der Waals surface area contributed by atoms with Gasteiger partial charge in [0.15, 0.2) is 5.69 Å². The minimum absolute atomic E-state index is 0.0470. The Balaban J connectivity index is 1.65. The molecule has 0 aliphatic rings. The molecule has 3 rings (SSSR count). The monoisotopic (exact) mass is 384 g/mol. The number of carboxylic acid groups (broad SMARTS) is 1. The molecule has 9 heteroatoms. The summed E-state index contributed by atoms with van der Waals surface area (Å²) >= 11 is 0. The van der Waals surface area contributed by atoms with Crippen molar-refractivity contribution >= 4 is 28.7 Å². The molecule has 2 unspecified atom stereocenters. The summed E-state index contributed by atoms with van der Waals surface area (Å²) in [6.45, 7) is 3.10. The minimum Gasteiger partial charge on any atom is -0.480 e. The second-order valence-corrected chi connectivity index (χ2v) is 6.48. The van der Waals surface area contributed by atoms with E-state index in [9.17, 15) is 19.5 Å². The summed E-state index contributed by atoms with van der Waals surface area (Å²) in [6, 6.07) is 6.85. The molecule has 0 aliphatic heterocycles. The van der Waals surface area contributed by atoms with Gasteiger partial charge in [0.1, 0.15) is 17.8 Å². The molecule has 0 fully saturated rings. The largest absolute Gasteiger partial charge is 0.480 e. The lowest BCUT2D eigenvalue weighted by Gasteiger charge is -2.18. The average molecular weight is 384 g/mol. The second-order valence-electron chi connectivity index (χ2n) is 6.48. The number of nitrogens with one attached hydrogen (secondary N) is 3. The van der Waals surface area contributed by atoms with Gasteiger partial charge in [-0.05, 0) is 25.5 Å². The molecule has 146 valence electrons. The molecule has 2 amide bonds. The van der Waals surface area contributed by atoms with Gasteiger partial charge in [0, 0.05) is 29.6 Å². The van der Waals surface area contributed by atoms with Crippen LogP contribution in [-0.4, -0.2) is 45.1 Å². The SMILES string of the molecule is Cc1cc(C(=O)NC(C)C(=O)NC(Cc2c[nH]c3ccccc23)C(=O)O)no1. The Labute approximate surface area is 160 Å². The first kappa shape index (κ1) is 19.2. The van der Waals surface area contributed by atoms with Crippen LogP contribution in [0.15, 0.2) is 41.1 Å². The van der Waals surface area contributed by atoms with E-state index in [1.54, 1.807) is 13.1 Å². The van der Waals surface area contributed by atoms with Gasteiger partial charge < -0.3 is 25.2 Å². The number of amides is 2. The van der Waals surface area contributed by atoms with Gasteiger partial charge in [-0.1, -0.05) is 23.4 Å². The van der Waals surface area contributed by atoms with E-state index >= 15 is 0 Å². The van der Waals surface area contributed by atoms with Crippen molar-refractivity contribution in [3.63, 3.8) is 0 Å². The van der Waals surface area contributed by atoms with Crippen LogP contribution in [0.25, 0.3) is 10.9 Å². The van der Waals surface area contributed by atoms with E-state index in [-0.39, 0.29) is 12.1 Å². The molecule has 9 nitrogen and oxygen atoms in total. The topological polar surface area (TPSA) is 137 Å². The van der Waals surface area contributed by atoms with E-state index in [1.807, 2.05) is 24.3 Å². The molecule has 2 atom stereocenters. The standard InChI is InChI=1S/C19H20N4O5/c1-10-7-15(23-28-10)18(25)21-11(2)17(24)22-16(19(26)27)8-12-9-20-14-6-4-3-5-13(12)14/h3-7,9,11,16,20H,8H2,1-2H3,(H,21,25)(H,22,24)(H,26,27). The number of nitrogens with zero attached hydrogens (tertiary/aromatic N) is 1. The zero-order valence-corrected chi connectivity index (χ0v) is 15.4. The molecular formula is C19H20N4O5. The molecule has 2 heterocycles. The number of carbonyl (C=O) groups is 3. The van der Waals surface area contributed by atoms with Crippen molar-refractivity contribution in [1.82, 2.24) is 20.8 Å². The predicted molar refractivity (Wildman–Crippen MR) is 99.7 cm³/mol. The first-order chi connectivity index (χ1) is 13.3. The van der Waals surface area contributed by atoms with Crippen LogP contribution in [-0.2, 0) is 16.0 Å². The minimum atomic E-state index is -1.16. The van der Waals surface area contributed by atoms with E-state index in [4.69, 9.17) is 4.52 Å².